The van der Waals surface area contributed by atoms with Crippen LogP contribution in [0.2, 0.25) is 0 Å². The summed E-state index contributed by atoms with van der Waals surface area (Å²) in [6, 6.07) is 8.53. The van der Waals surface area contributed by atoms with Crippen molar-refractivity contribution in [1.29, 1.82) is 0 Å². The van der Waals surface area contributed by atoms with Gasteiger partial charge in [-0.25, -0.2) is 4.83 Å². The van der Waals surface area contributed by atoms with Gasteiger partial charge < -0.3 is 14.2 Å². The van der Waals surface area contributed by atoms with Gasteiger partial charge in [-0.2, -0.15) is 13.5 Å². The molecule has 0 heterocycles. The van der Waals surface area contributed by atoms with Gasteiger partial charge in [0.05, 0.1) is 36.4 Å². The van der Waals surface area contributed by atoms with Crippen molar-refractivity contribution in [1.82, 2.24) is 4.83 Å². The first kappa shape index (κ1) is 22.9. The van der Waals surface area contributed by atoms with Gasteiger partial charge in [0.1, 0.15) is 5.75 Å². The highest BCUT2D eigenvalue weighted by Crippen LogP contribution is 2.38. The van der Waals surface area contributed by atoms with Crippen LogP contribution >= 0.6 is 0 Å². The maximum atomic E-state index is 12.3. The Morgan fingerprint density at radius 2 is 1.87 bits per heavy atom. The van der Waals surface area contributed by atoms with Gasteiger partial charge in [-0.3, -0.25) is 10.1 Å². The van der Waals surface area contributed by atoms with Crippen LogP contribution in [0.15, 0.2) is 46.4 Å². The van der Waals surface area contributed by atoms with Crippen LogP contribution in [0, 0.1) is 10.1 Å². The molecule has 0 radical (unpaired) electrons. The molecule has 162 valence electrons. The van der Waals surface area contributed by atoms with Crippen molar-refractivity contribution in [3.63, 3.8) is 0 Å². The number of sulfonamides is 1. The zero-order valence-corrected chi connectivity index (χ0v) is 17.6. The number of hydrazone groups is 1. The van der Waals surface area contributed by atoms with Gasteiger partial charge in [0, 0.05) is 11.6 Å². The third-order valence-corrected chi connectivity index (χ3v) is 4.99. The monoisotopic (exact) mass is 437 g/mol. The van der Waals surface area contributed by atoms with Crippen molar-refractivity contribution in [2.45, 2.75) is 25.2 Å². The van der Waals surface area contributed by atoms with E-state index in [4.69, 9.17) is 14.2 Å². The van der Waals surface area contributed by atoms with Crippen LogP contribution in [-0.4, -0.2) is 39.9 Å². The van der Waals surface area contributed by atoms with E-state index in [9.17, 15) is 18.5 Å². The second-order valence-corrected chi connectivity index (χ2v) is 7.60. The number of hydrogen-bond donors (Lipinski definition) is 1. The second kappa shape index (κ2) is 10.4. The largest absolute Gasteiger partial charge is 0.494 e. The lowest BCUT2D eigenvalue weighted by molar-refractivity contribution is -0.386. The van der Waals surface area contributed by atoms with E-state index in [0.29, 0.717) is 18.8 Å². The molecule has 0 atom stereocenters. The number of nitrogens with one attached hydrogen (secondary N) is 1. The molecule has 0 aliphatic rings. The third-order valence-electron chi connectivity index (χ3n) is 3.76. The lowest BCUT2D eigenvalue weighted by Gasteiger charge is -2.11. The summed E-state index contributed by atoms with van der Waals surface area (Å²) in [7, 11) is -2.56. The van der Waals surface area contributed by atoms with Crippen molar-refractivity contribution in [3.8, 4) is 17.2 Å². The van der Waals surface area contributed by atoms with Gasteiger partial charge in [-0.15, -0.1) is 0 Å². The van der Waals surface area contributed by atoms with E-state index in [2.05, 4.69) is 9.93 Å². The van der Waals surface area contributed by atoms with Crippen molar-refractivity contribution < 1.29 is 27.6 Å². The Balaban J connectivity index is 2.24. The predicted octanol–water partition coefficient (Wildman–Crippen LogP) is 3.10. The Morgan fingerprint density at radius 3 is 2.43 bits per heavy atom. The van der Waals surface area contributed by atoms with Crippen LogP contribution in [-0.2, 0) is 10.0 Å². The SMILES string of the molecule is CCCOc1c(OC)cc(/C=N/NS(=O)(=O)c2ccc(OCC)cc2)cc1[N+](=O)[O-]. The average molecular weight is 437 g/mol. The number of nitrogens with zero attached hydrogens (tertiary/aromatic N) is 2. The van der Waals surface area contributed by atoms with Gasteiger partial charge in [0.15, 0.2) is 5.75 Å². The molecule has 11 heteroatoms. The van der Waals surface area contributed by atoms with Crippen LogP contribution in [0.25, 0.3) is 0 Å². The molecular weight excluding hydrogens is 414 g/mol. The topological polar surface area (TPSA) is 129 Å². The molecule has 10 nitrogen and oxygen atoms in total. The van der Waals surface area contributed by atoms with E-state index in [1.165, 1.54) is 43.5 Å². The Kier molecular flexibility index (Phi) is 7.98. The summed E-state index contributed by atoms with van der Waals surface area (Å²) in [6.07, 6.45) is 1.81. The smallest absolute Gasteiger partial charge is 0.315 e. The molecule has 2 aromatic rings. The van der Waals surface area contributed by atoms with E-state index < -0.39 is 14.9 Å². The van der Waals surface area contributed by atoms with Crippen molar-refractivity contribution in [2.75, 3.05) is 20.3 Å². The molecule has 0 bridgehead atoms. The number of ether oxygens (including phenoxy) is 3. The van der Waals surface area contributed by atoms with E-state index in [1.54, 1.807) is 0 Å². The highest BCUT2D eigenvalue weighted by atomic mass is 32.2. The Labute approximate surface area is 174 Å². The quantitative estimate of drug-likeness (QED) is 0.325. The molecule has 1 N–H and O–H groups in total. The molecule has 0 saturated carbocycles. The van der Waals surface area contributed by atoms with Crippen molar-refractivity contribution in [3.05, 3.63) is 52.1 Å². The maximum Gasteiger partial charge on any atom is 0.315 e. The highest BCUT2D eigenvalue weighted by molar-refractivity contribution is 7.89. The van der Waals surface area contributed by atoms with Gasteiger partial charge in [-0.1, -0.05) is 6.92 Å². The van der Waals surface area contributed by atoms with E-state index in [-0.39, 0.29) is 34.3 Å². The highest BCUT2D eigenvalue weighted by Gasteiger charge is 2.22. The van der Waals surface area contributed by atoms with Crippen LogP contribution < -0.4 is 19.0 Å². The lowest BCUT2D eigenvalue weighted by atomic mass is 10.2. The number of nitro benzene ring substituents is 1. The van der Waals surface area contributed by atoms with E-state index in [0.717, 1.165) is 6.21 Å². The lowest BCUT2D eigenvalue weighted by Crippen LogP contribution is -2.18. The minimum absolute atomic E-state index is 0.00465. The Hall–Kier alpha value is -3.34. The third kappa shape index (κ3) is 5.83. The molecule has 30 heavy (non-hydrogen) atoms. The Morgan fingerprint density at radius 1 is 1.17 bits per heavy atom. The number of rotatable bonds is 11. The van der Waals surface area contributed by atoms with Crippen molar-refractivity contribution >= 4 is 21.9 Å². The summed E-state index contributed by atoms with van der Waals surface area (Å²) in [6.45, 7) is 4.44. The van der Waals surface area contributed by atoms with Crippen LogP contribution in [0.4, 0.5) is 5.69 Å². The molecule has 0 spiro atoms. The average Bonchev–Trinajstić information content (AvgIpc) is 2.72. The summed E-state index contributed by atoms with van der Waals surface area (Å²) >= 11 is 0. The van der Waals surface area contributed by atoms with Gasteiger partial charge in [-0.05, 0) is 43.7 Å². The maximum absolute atomic E-state index is 12.3. The number of benzene rings is 2. The predicted molar refractivity (Wildman–Crippen MR) is 111 cm³/mol. The fraction of sp³-hybridized carbons (Fsp3) is 0.316. The van der Waals surface area contributed by atoms with E-state index >= 15 is 0 Å². The van der Waals surface area contributed by atoms with Crippen molar-refractivity contribution in [2.24, 2.45) is 5.10 Å². The number of nitro groups is 1. The minimum atomic E-state index is -3.92. The first-order valence-electron chi connectivity index (χ1n) is 9.09. The minimum Gasteiger partial charge on any atom is -0.494 e. The molecule has 0 aromatic heterocycles. The molecule has 0 aliphatic heterocycles. The summed E-state index contributed by atoms with van der Waals surface area (Å²) in [4.78, 5) is 12.9. The molecule has 2 rings (SSSR count). The summed E-state index contributed by atoms with van der Waals surface area (Å²) in [5.74, 6) is 0.703. The zero-order chi connectivity index (χ0) is 22.1. The van der Waals surface area contributed by atoms with Gasteiger partial charge in [0.25, 0.3) is 10.0 Å². The standard InChI is InChI=1S/C19H23N3O7S/c1-4-10-29-19-17(22(23)24)11-14(12-18(19)27-3)13-20-21-30(25,26)16-8-6-15(7-9-16)28-5-2/h6-9,11-13,21H,4-5,10H2,1-3H3/b20-13+. The number of methoxy groups -OCH3 is 1. The fourth-order valence-electron chi connectivity index (χ4n) is 2.42. The van der Waals surface area contributed by atoms with Crippen LogP contribution in [0.5, 0.6) is 17.2 Å². The first-order valence-corrected chi connectivity index (χ1v) is 10.6. The molecular formula is C19H23N3O7S. The molecule has 0 aliphatic carbocycles. The van der Waals surface area contributed by atoms with E-state index in [1.807, 2.05) is 13.8 Å². The summed E-state index contributed by atoms with van der Waals surface area (Å²) in [5, 5.41) is 15.1. The molecule has 0 saturated heterocycles. The van der Waals surface area contributed by atoms with Crippen LogP contribution in [0.3, 0.4) is 0 Å². The molecule has 0 amide bonds. The Bertz CT molecular complexity index is 1010. The first-order chi connectivity index (χ1) is 14.3. The van der Waals surface area contributed by atoms with Crippen LogP contribution in [0.1, 0.15) is 25.8 Å². The fourth-order valence-corrected chi connectivity index (χ4v) is 3.22. The molecule has 2 aromatic carbocycles. The van der Waals surface area contributed by atoms with Gasteiger partial charge >= 0.3 is 5.69 Å². The zero-order valence-electron chi connectivity index (χ0n) is 16.8. The normalized spacial score (nSPS) is 11.3. The molecule has 0 fully saturated rings. The molecule has 0 unspecified atom stereocenters. The summed E-state index contributed by atoms with van der Waals surface area (Å²) in [5.41, 5.74) is -0.0459. The number of hydrogen-bond acceptors (Lipinski definition) is 8. The summed E-state index contributed by atoms with van der Waals surface area (Å²) < 4.78 is 40.6. The van der Waals surface area contributed by atoms with Gasteiger partial charge in [0.2, 0.25) is 5.75 Å². The second-order valence-electron chi connectivity index (χ2n) is 5.93.